The van der Waals surface area contributed by atoms with Crippen LogP contribution in [0.1, 0.15) is 32.6 Å². The average molecular weight is 352 g/mol. The van der Waals surface area contributed by atoms with Gasteiger partial charge < -0.3 is 16.6 Å². The summed E-state index contributed by atoms with van der Waals surface area (Å²) in [4.78, 5) is 12.0. The first-order chi connectivity index (χ1) is 12.2. The van der Waals surface area contributed by atoms with Crippen molar-refractivity contribution in [2.45, 2.75) is 20.8 Å². The molecule has 0 saturated carbocycles. The van der Waals surface area contributed by atoms with Crippen LogP contribution in [-0.2, 0) is 0 Å². The summed E-state index contributed by atoms with van der Waals surface area (Å²) in [6, 6.07) is 6.55. The molecule has 0 bridgehead atoms. The number of nitrogens with two attached hydrogens (primary N) is 2. The number of phenols is 1. The van der Waals surface area contributed by atoms with Gasteiger partial charge in [0.05, 0.1) is 28.4 Å². The van der Waals surface area contributed by atoms with E-state index in [-0.39, 0.29) is 16.9 Å². The number of phenolic OH excluding ortho intramolecular Hbond substituents is 1. The molecule has 3 rings (SSSR count). The molecular weight excluding hydrogens is 335 g/mol. The molecule has 3 aromatic rings. The molecule has 0 fully saturated rings. The molecule has 132 valence electrons. The quantitative estimate of drug-likeness (QED) is 0.657. The van der Waals surface area contributed by atoms with Crippen LogP contribution in [0.25, 0.3) is 16.6 Å². The molecule has 0 radical (unpaired) electrons. The molecule has 0 aliphatic heterocycles. The van der Waals surface area contributed by atoms with Crippen LogP contribution in [0.15, 0.2) is 18.2 Å². The fourth-order valence-electron chi connectivity index (χ4n) is 3.34. The van der Waals surface area contributed by atoms with Gasteiger partial charge in [-0.3, -0.25) is 9.36 Å². The van der Waals surface area contributed by atoms with E-state index in [0.29, 0.717) is 33.3 Å². The number of rotatable bonds is 2. The fourth-order valence-corrected chi connectivity index (χ4v) is 3.34. The topological polar surface area (TPSA) is 118 Å². The summed E-state index contributed by atoms with van der Waals surface area (Å²) in [7, 11) is 0. The van der Waals surface area contributed by atoms with Crippen LogP contribution in [0.3, 0.4) is 0 Å². The number of aromatic nitrogens is 1. The Labute approximate surface area is 149 Å². The van der Waals surface area contributed by atoms with Gasteiger partial charge in [-0.1, -0.05) is 0 Å². The Morgan fingerprint density at radius 3 is 2.46 bits per heavy atom. The molecule has 0 aliphatic rings. The molecular formula is C19H17FN4O2. The Morgan fingerprint density at radius 1 is 1.23 bits per heavy atom. The number of amides is 1. The van der Waals surface area contributed by atoms with Crippen molar-refractivity contribution < 1.29 is 14.3 Å². The zero-order valence-electron chi connectivity index (χ0n) is 14.5. The minimum atomic E-state index is -0.739. The molecule has 5 N–H and O–H groups in total. The maximum Gasteiger partial charge on any atom is 0.253 e. The summed E-state index contributed by atoms with van der Waals surface area (Å²) >= 11 is 0. The zero-order chi connectivity index (χ0) is 19.3. The normalized spacial score (nSPS) is 10.9. The SMILES string of the molecule is Cc1cc2c(cc1C#N)c(C(N)=O)c(N)n2-c1c(C)cc(F)c(O)c1C. The maximum atomic E-state index is 13.8. The summed E-state index contributed by atoms with van der Waals surface area (Å²) in [6.07, 6.45) is 0. The summed E-state index contributed by atoms with van der Waals surface area (Å²) in [6.45, 7) is 5.00. The average Bonchev–Trinajstić information content (AvgIpc) is 2.84. The minimum absolute atomic E-state index is 0.0687. The number of nitriles is 1. The molecule has 6 nitrogen and oxygen atoms in total. The van der Waals surface area contributed by atoms with Crippen LogP contribution < -0.4 is 11.5 Å². The van der Waals surface area contributed by atoms with Gasteiger partial charge in [0.1, 0.15) is 5.82 Å². The molecule has 1 amide bonds. The lowest BCUT2D eigenvalue weighted by Gasteiger charge is -2.16. The number of hydrogen-bond acceptors (Lipinski definition) is 4. The van der Waals surface area contributed by atoms with E-state index in [4.69, 9.17) is 11.5 Å². The van der Waals surface area contributed by atoms with Gasteiger partial charge in [0.25, 0.3) is 5.91 Å². The molecule has 1 heterocycles. The van der Waals surface area contributed by atoms with Gasteiger partial charge in [0.15, 0.2) is 11.6 Å². The van der Waals surface area contributed by atoms with Crippen molar-refractivity contribution in [3.63, 3.8) is 0 Å². The first kappa shape index (κ1) is 17.3. The summed E-state index contributed by atoms with van der Waals surface area (Å²) in [5, 5.41) is 19.7. The van der Waals surface area contributed by atoms with E-state index in [1.807, 2.05) is 0 Å². The largest absolute Gasteiger partial charge is 0.505 e. The number of halogens is 1. The number of primary amides is 1. The van der Waals surface area contributed by atoms with E-state index in [2.05, 4.69) is 6.07 Å². The van der Waals surface area contributed by atoms with Crippen molar-refractivity contribution >= 4 is 22.6 Å². The summed E-state index contributed by atoms with van der Waals surface area (Å²) < 4.78 is 15.4. The molecule has 0 saturated heterocycles. The highest BCUT2D eigenvalue weighted by atomic mass is 19.1. The molecule has 0 unspecified atom stereocenters. The van der Waals surface area contributed by atoms with Crippen molar-refractivity contribution in [1.29, 1.82) is 5.26 Å². The van der Waals surface area contributed by atoms with Gasteiger partial charge in [0, 0.05) is 10.9 Å². The van der Waals surface area contributed by atoms with Gasteiger partial charge in [-0.2, -0.15) is 5.26 Å². The highest BCUT2D eigenvalue weighted by Gasteiger charge is 2.24. The number of fused-ring (bicyclic) bond motifs is 1. The van der Waals surface area contributed by atoms with Crippen molar-refractivity contribution in [1.82, 2.24) is 4.57 Å². The van der Waals surface area contributed by atoms with Crippen LogP contribution in [0.2, 0.25) is 0 Å². The van der Waals surface area contributed by atoms with E-state index in [1.54, 1.807) is 37.5 Å². The standard InChI is InChI=1S/C19H17FN4O2/c1-8-5-14-12(6-11(8)7-21)15(19(23)26)18(22)24(14)16-9(2)4-13(20)17(25)10(16)3/h4-6,25H,22H2,1-3H3,(H2,23,26). The van der Waals surface area contributed by atoms with E-state index >= 15 is 0 Å². The van der Waals surface area contributed by atoms with Crippen molar-refractivity contribution in [2.24, 2.45) is 5.73 Å². The lowest BCUT2D eigenvalue weighted by molar-refractivity contribution is 0.100. The number of nitrogens with zero attached hydrogens (tertiary/aromatic N) is 2. The van der Waals surface area contributed by atoms with Crippen LogP contribution in [0, 0.1) is 37.9 Å². The smallest absolute Gasteiger partial charge is 0.253 e. The van der Waals surface area contributed by atoms with Gasteiger partial charge in [-0.15, -0.1) is 0 Å². The van der Waals surface area contributed by atoms with E-state index in [9.17, 15) is 19.6 Å². The van der Waals surface area contributed by atoms with Gasteiger partial charge in [0.2, 0.25) is 0 Å². The molecule has 7 heteroatoms. The Balaban J connectivity index is 2.56. The predicted octanol–water partition coefficient (Wildman–Crippen LogP) is 2.95. The maximum absolute atomic E-state index is 13.8. The Bertz CT molecular complexity index is 1140. The fraction of sp³-hybridized carbons (Fsp3) is 0.158. The molecule has 0 atom stereocenters. The van der Waals surface area contributed by atoms with Crippen molar-refractivity contribution in [2.75, 3.05) is 5.73 Å². The number of benzene rings is 2. The Morgan fingerprint density at radius 2 is 1.88 bits per heavy atom. The number of aromatic hydroxyl groups is 1. The number of anilines is 1. The van der Waals surface area contributed by atoms with Crippen LogP contribution in [0.4, 0.5) is 10.2 Å². The number of hydrogen-bond donors (Lipinski definition) is 3. The second-order valence-corrected chi connectivity index (χ2v) is 6.25. The molecule has 26 heavy (non-hydrogen) atoms. The van der Waals surface area contributed by atoms with Crippen molar-refractivity contribution in [3.05, 3.63) is 51.8 Å². The van der Waals surface area contributed by atoms with Crippen molar-refractivity contribution in [3.8, 4) is 17.5 Å². The molecule has 0 spiro atoms. The third-order valence-corrected chi connectivity index (χ3v) is 4.59. The second-order valence-electron chi connectivity index (χ2n) is 6.25. The third kappa shape index (κ3) is 2.27. The van der Waals surface area contributed by atoms with Crippen LogP contribution in [0.5, 0.6) is 5.75 Å². The summed E-state index contributed by atoms with van der Waals surface area (Å²) in [5.74, 6) is -1.89. The zero-order valence-corrected chi connectivity index (χ0v) is 14.5. The second kappa shape index (κ2) is 5.77. The van der Waals surface area contributed by atoms with E-state index < -0.39 is 17.5 Å². The van der Waals surface area contributed by atoms with E-state index in [1.165, 1.54) is 6.07 Å². The van der Waals surface area contributed by atoms with Crippen LogP contribution >= 0.6 is 0 Å². The number of carbonyl (C=O) groups excluding carboxylic acids is 1. The molecule has 1 aromatic heterocycles. The van der Waals surface area contributed by atoms with Gasteiger partial charge in [-0.25, -0.2) is 4.39 Å². The van der Waals surface area contributed by atoms with Crippen LogP contribution in [-0.4, -0.2) is 15.6 Å². The monoisotopic (exact) mass is 352 g/mol. The third-order valence-electron chi connectivity index (χ3n) is 4.59. The molecule has 0 aliphatic carbocycles. The molecule has 2 aromatic carbocycles. The van der Waals surface area contributed by atoms with Gasteiger partial charge >= 0.3 is 0 Å². The number of nitrogen functional groups attached to an aromatic ring is 1. The number of carbonyl (C=O) groups is 1. The highest BCUT2D eigenvalue weighted by molar-refractivity contribution is 6.12. The first-order valence-electron chi connectivity index (χ1n) is 7.82. The minimum Gasteiger partial charge on any atom is -0.505 e. The number of aryl methyl sites for hydroxylation is 2. The lowest BCUT2D eigenvalue weighted by Crippen LogP contribution is -2.14. The Kier molecular flexibility index (Phi) is 3.84. The first-order valence-corrected chi connectivity index (χ1v) is 7.82. The predicted molar refractivity (Wildman–Crippen MR) is 96.8 cm³/mol. The highest BCUT2D eigenvalue weighted by Crippen LogP contribution is 2.38. The van der Waals surface area contributed by atoms with Gasteiger partial charge in [-0.05, 0) is 50.1 Å². The van der Waals surface area contributed by atoms with E-state index in [0.717, 1.165) is 0 Å². The lowest BCUT2D eigenvalue weighted by atomic mass is 10.0. The Hall–Kier alpha value is -3.53. The summed E-state index contributed by atoms with van der Waals surface area (Å²) in [5.41, 5.74) is 14.7.